The van der Waals surface area contributed by atoms with Crippen LogP contribution in [0.4, 0.5) is 0 Å². The van der Waals surface area contributed by atoms with Crippen LogP contribution >= 0.6 is 15.9 Å². The standard InChI is InChI=1S/C13H14BrNO4/c1-8(14)7-10(13(18)19)15-12(17)11(16)9-5-3-2-4-6-9/h2-6,10-11,16H,1,7H2,(H,15,17)(H,18,19)/t10-,11+/m1/s1. The Hall–Kier alpha value is -1.66. The summed E-state index contributed by atoms with van der Waals surface area (Å²) in [4.78, 5) is 22.7. The monoisotopic (exact) mass is 327 g/mol. The lowest BCUT2D eigenvalue weighted by atomic mass is 10.1. The van der Waals surface area contributed by atoms with Gasteiger partial charge < -0.3 is 15.5 Å². The number of hydrogen-bond donors (Lipinski definition) is 3. The fourth-order valence-corrected chi connectivity index (χ4v) is 1.78. The minimum absolute atomic E-state index is 0.0442. The summed E-state index contributed by atoms with van der Waals surface area (Å²) in [6, 6.07) is 7.16. The fourth-order valence-electron chi connectivity index (χ4n) is 1.46. The Morgan fingerprint density at radius 1 is 1.32 bits per heavy atom. The maximum atomic E-state index is 11.8. The molecule has 0 aromatic heterocycles. The van der Waals surface area contributed by atoms with E-state index in [4.69, 9.17) is 5.11 Å². The lowest BCUT2D eigenvalue weighted by Crippen LogP contribution is -2.43. The normalized spacial score (nSPS) is 13.4. The molecule has 1 rings (SSSR count). The SMILES string of the molecule is C=C(Br)C[C@@H](NC(=O)[C@@H](O)c1ccccc1)C(=O)O. The molecule has 0 heterocycles. The van der Waals surface area contributed by atoms with Crippen molar-refractivity contribution in [3.63, 3.8) is 0 Å². The molecule has 0 saturated heterocycles. The van der Waals surface area contributed by atoms with Crippen molar-refractivity contribution in [3.05, 3.63) is 47.0 Å². The highest BCUT2D eigenvalue weighted by Gasteiger charge is 2.24. The number of halogens is 1. The minimum atomic E-state index is -1.40. The molecule has 0 radical (unpaired) electrons. The van der Waals surface area contributed by atoms with E-state index in [1.165, 1.54) is 0 Å². The van der Waals surface area contributed by atoms with Gasteiger partial charge in [-0.3, -0.25) is 4.79 Å². The lowest BCUT2D eigenvalue weighted by Gasteiger charge is -2.17. The Morgan fingerprint density at radius 2 is 1.89 bits per heavy atom. The average molecular weight is 328 g/mol. The number of carbonyl (C=O) groups is 2. The maximum absolute atomic E-state index is 11.8. The molecule has 0 saturated carbocycles. The summed E-state index contributed by atoms with van der Waals surface area (Å²) in [6.07, 6.45) is -1.35. The van der Waals surface area contributed by atoms with Crippen LogP contribution in [0, 0.1) is 0 Å². The minimum Gasteiger partial charge on any atom is -0.480 e. The van der Waals surface area contributed by atoms with Crippen molar-refractivity contribution in [3.8, 4) is 0 Å². The van der Waals surface area contributed by atoms with Crippen LogP contribution in [-0.4, -0.2) is 28.1 Å². The first-order valence-corrected chi connectivity index (χ1v) is 6.30. The van der Waals surface area contributed by atoms with Gasteiger partial charge in [0.15, 0.2) is 6.10 Å². The molecule has 0 aliphatic heterocycles. The van der Waals surface area contributed by atoms with Crippen molar-refractivity contribution >= 4 is 27.8 Å². The van der Waals surface area contributed by atoms with E-state index in [0.29, 0.717) is 10.0 Å². The van der Waals surface area contributed by atoms with E-state index < -0.39 is 24.0 Å². The van der Waals surface area contributed by atoms with Gasteiger partial charge in [0.25, 0.3) is 5.91 Å². The second-order valence-corrected chi connectivity index (χ2v) is 5.06. The number of aliphatic hydroxyl groups is 1. The van der Waals surface area contributed by atoms with Crippen molar-refractivity contribution in [2.24, 2.45) is 0 Å². The van der Waals surface area contributed by atoms with Gasteiger partial charge in [0.1, 0.15) is 6.04 Å². The van der Waals surface area contributed by atoms with Crippen LogP contribution in [0.2, 0.25) is 0 Å². The third-order valence-corrected chi connectivity index (χ3v) is 2.73. The zero-order valence-electron chi connectivity index (χ0n) is 10.0. The zero-order chi connectivity index (χ0) is 14.4. The number of amides is 1. The Balaban J connectivity index is 2.72. The quantitative estimate of drug-likeness (QED) is 0.740. The van der Waals surface area contributed by atoms with Crippen LogP contribution in [0.1, 0.15) is 18.1 Å². The van der Waals surface area contributed by atoms with Gasteiger partial charge in [0, 0.05) is 6.42 Å². The van der Waals surface area contributed by atoms with Crippen molar-refractivity contribution in [2.75, 3.05) is 0 Å². The fraction of sp³-hybridized carbons (Fsp3) is 0.231. The molecule has 0 bridgehead atoms. The van der Waals surface area contributed by atoms with Gasteiger partial charge in [-0.25, -0.2) is 4.79 Å². The predicted molar refractivity (Wildman–Crippen MR) is 73.7 cm³/mol. The van der Waals surface area contributed by atoms with E-state index in [1.807, 2.05) is 0 Å². The molecule has 0 aliphatic carbocycles. The zero-order valence-corrected chi connectivity index (χ0v) is 11.6. The molecule has 1 amide bonds. The maximum Gasteiger partial charge on any atom is 0.326 e. The summed E-state index contributed by atoms with van der Waals surface area (Å²) < 4.78 is 0.453. The summed E-state index contributed by atoms with van der Waals surface area (Å²) in [5.74, 6) is -1.94. The van der Waals surface area contributed by atoms with Crippen LogP contribution in [-0.2, 0) is 9.59 Å². The summed E-state index contributed by atoms with van der Waals surface area (Å²) in [5, 5.41) is 21.0. The Bertz CT molecular complexity index is 475. The van der Waals surface area contributed by atoms with Gasteiger partial charge >= 0.3 is 5.97 Å². The number of benzene rings is 1. The average Bonchev–Trinajstić information content (AvgIpc) is 2.37. The number of rotatable bonds is 6. The first kappa shape index (κ1) is 15.4. The van der Waals surface area contributed by atoms with E-state index in [2.05, 4.69) is 27.8 Å². The number of aliphatic hydroxyl groups excluding tert-OH is 1. The topological polar surface area (TPSA) is 86.6 Å². The second-order valence-electron chi connectivity index (χ2n) is 3.93. The smallest absolute Gasteiger partial charge is 0.326 e. The first-order chi connectivity index (χ1) is 8.91. The number of nitrogens with one attached hydrogen (secondary N) is 1. The van der Waals surface area contributed by atoms with E-state index in [-0.39, 0.29) is 6.42 Å². The number of hydrogen-bond acceptors (Lipinski definition) is 3. The first-order valence-electron chi connectivity index (χ1n) is 5.51. The summed E-state index contributed by atoms with van der Waals surface area (Å²) >= 11 is 3.04. The lowest BCUT2D eigenvalue weighted by molar-refractivity contribution is -0.143. The van der Waals surface area contributed by atoms with E-state index >= 15 is 0 Å². The highest BCUT2D eigenvalue weighted by molar-refractivity contribution is 9.11. The molecule has 0 fully saturated rings. The summed E-state index contributed by atoms with van der Waals surface area (Å²) in [6.45, 7) is 3.53. The van der Waals surface area contributed by atoms with Gasteiger partial charge in [0.05, 0.1) is 0 Å². The molecule has 0 aliphatic rings. The molecule has 1 aromatic carbocycles. The van der Waals surface area contributed by atoms with E-state index in [9.17, 15) is 14.7 Å². The van der Waals surface area contributed by atoms with Crippen molar-refractivity contribution < 1.29 is 19.8 Å². The molecular weight excluding hydrogens is 314 g/mol. The molecule has 19 heavy (non-hydrogen) atoms. The largest absolute Gasteiger partial charge is 0.480 e. The summed E-state index contributed by atoms with van der Waals surface area (Å²) in [7, 11) is 0. The predicted octanol–water partition coefficient (Wildman–Crippen LogP) is 1.59. The van der Waals surface area contributed by atoms with E-state index in [1.54, 1.807) is 30.3 Å². The van der Waals surface area contributed by atoms with Crippen LogP contribution in [0.25, 0.3) is 0 Å². The van der Waals surface area contributed by atoms with Crippen LogP contribution in [0.3, 0.4) is 0 Å². The molecular formula is C13H14BrNO4. The second kappa shape index (κ2) is 7.06. The van der Waals surface area contributed by atoms with Crippen molar-refractivity contribution in [1.29, 1.82) is 0 Å². The van der Waals surface area contributed by atoms with Gasteiger partial charge in [0.2, 0.25) is 0 Å². The Labute approximate surface area is 119 Å². The highest BCUT2D eigenvalue weighted by Crippen LogP contribution is 2.14. The summed E-state index contributed by atoms with van der Waals surface area (Å²) in [5.41, 5.74) is 0.404. The molecule has 0 unspecified atom stereocenters. The van der Waals surface area contributed by atoms with Gasteiger partial charge in [-0.2, -0.15) is 0 Å². The van der Waals surface area contributed by atoms with Crippen molar-refractivity contribution in [2.45, 2.75) is 18.6 Å². The number of carbonyl (C=O) groups excluding carboxylic acids is 1. The number of carboxylic acid groups (broad SMARTS) is 1. The van der Waals surface area contributed by atoms with Crippen molar-refractivity contribution in [1.82, 2.24) is 5.32 Å². The number of aliphatic carboxylic acids is 1. The molecule has 0 spiro atoms. The van der Waals surface area contributed by atoms with Gasteiger partial charge in [-0.15, -0.1) is 0 Å². The van der Waals surface area contributed by atoms with Gasteiger partial charge in [-0.1, -0.05) is 52.8 Å². The third-order valence-electron chi connectivity index (χ3n) is 2.40. The Morgan fingerprint density at radius 3 is 2.37 bits per heavy atom. The highest BCUT2D eigenvalue weighted by atomic mass is 79.9. The molecule has 6 heteroatoms. The molecule has 5 nitrogen and oxygen atoms in total. The van der Waals surface area contributed by atoms with Crippen LogP contribution in [0.5, 0.6) is 0 Å². The molecule has 1 aromatic rings. The van der Waals surface area contributed by atoms with Crippen LogP contribution in [0.15, 0.2) is 41.4 Å². The van der Waals surface area contributed by atoms with Gasteiger partial charge in [-0.05, 0) is 10.0 Å². The molecule has 2 atom stereocenters. The molecule has 3 N–H and O–H groups in total. The molecule has 102 valence electrons. The third kappa shape index (κ3) is 4.84. The van der Waals surface area contributed by atoms with Crippen LogP contribution < -0.4 is 5.32 Å². The van der Waals surface area contributed by atoms with E-state index in [0.717, 1.165) is 0 Å². The Kier molecular flexibility index (Phi) is 5.72. The number of carboxylic acids is 1.